The zero-order valence-corrected chi connectivity index (χ0v) is 18.7. The summed E-state index contributed by atoms with van der Waals surface area (Å²) < 4.78 is 11.4. The number of ether oxygens (including phenoxy) is 2. The number of hydrogen-bond acceptors (Lipinski definition) is 4. The Bertz CT molecular complexity index is 741. The summed E-state index contributed by atoms with van der Waals surface area (Å²) in [6, 6.07) is 18.5. The molecule has 4 heteroatoms. The quantitative estimate of drug-likeness (QED) is 0.608. The molecule has 1 aliphatic rings. The Balaban J connectivity index is 1.83. The molecule has 1 heterocycles. The molecular weight excluding hydrogens is 374 g/mol. The van der Waals surface area contributed by atoms with E-state index in [9.17, 15) is 5.11 Å². The zero-order valence-electron chi connectivity index (χ0n) is 18.7. The van der Waals surface area contributed by atoms with Gasteiger partial charge in [-0.25, -0.2) is 0 Å². The lowest BCUT2D eigenvalue weighted by Crippen LogP contribution is -2.44. The topological polar surface area (TPSA) is 41.9 Å². The summed E-state index contributed by atoms with van der Waals surface area (Å²) in [5, 5.41) is 12.0. The van der Waals surface area contributed by atoms with Crippen LogP contribution in [0.1, 0.15) is 50.7 Å². The fourth-order valence-corrected chi connectivity index (χ4v) is 4.16. The molecule has 1 N–H and O–H groups in total. The third-order valence-electron chi connectivity index (χ3n) is 6.18. The molecular formula is C26H37NO3. The minimum atomic E-state index is -0.948. The Hall–Kier alpha value is -1.88. The van der Waals surface area contributed by atoms with Crippen LogP contribution in [-0.4, -0.2) is 49.5 Å². The molecule has 30 heavy (non-hydrogen) atoms. The number of benzene rings is 2. The van der Waals surface area contributed by atoms with Gasteiger partial charge in [-0.2, -0.15) is 0 Å². The Labute approximate surface area is 181 Å². The van der Waals surface area contributed by atoms with E-state index in [-0.39, 0.29) is 5.92 Å². The lowest BCUT2D eigenvalue weighted by Gasteiger charge is -2.40. The summed E-state index contributed by atoms with van der Waals surface area (Å²) in [5.74, 6) is 1.47. The van der Waals surface area contributed by atoms with Crippen LogP contribution in [-0.2, 0) is 10.3 Å². The molecule has 0 aromatic heterocycles. The second kappa shape index (κ2) is 10.9. The van der Waals surface area contributed by atoms with Crippen molar-refractivity contribution in [3.8, 4) is 5.75 Å². The predicted octanol–water partition coefficient (Wildman–Crippen LogP) is 4.83. The van der Waals surface area contributed by atoms with Gasteiger partial charge in [-0.05, 0) is 42.0 Å². The highest BCUT2D eigenvalue weighted by molar-refractivity contribution is 5.35. The molecule has 4 nitrogen and oxygen atoms in total. The van der Waals surface area contributed by atoms with Gasteiger partial charge in [0.25, 0.3) is 0 Å². The molecule has 0 aliphatic carbocycles. The zero-order chi connectivity index (χ0) is 21.4. The molecule has 0 radical (unpaired) electrons. The third-order valence-corrected chi connectivity index (χ3v) is 6.18. The van der Waals surface area contributed by atoms with Gasteiger partial charge in [0, 0.05) is 25.6 Å². The highest BCUT2D eigenvalue weighted by Gasteiger charge is 2.39. The van der Waals surface area contributed by atoms with E-state index in [4.69, 9.17) is 9.47 Å². The monoisotopic (exact) mass is 411 g/mol. The maximum atomic E-state index is 12.0. The van der Waals surface area contributed by atoms with Gasteiger partial charge < -0.3 is 14.6 Å². The first-order valence-electron chi connectivity index (χ1n) is 11.3. The number of nitrogens with zero attached hydrogens (tertiary/aromatic N) is 1. The molecule has 1 saturated heterocycles. The van der Waals surface area contributed by atoms with Gasteiger partial charge in [0.05, 0.1) is 25.4 Å². The fraction of sp³-hybridized carbons (Fsp3) is 0.538. The summed E-state index contributed by atoms with van der Waals surface area (Å²) in [6.07, 6.45) is 1.68. The van der Waals surface area contributed by atoms with E-state index in [1.807, 2.05) is 30.3 Å². The summed E-state index contributed by atoms with van der Waals surface area (Å²) in [7, 11) is 0. The van der Waals surface area contributed by atoms with Crippen LogP contribution in [0.4, 0.5) is 0 Å². The van der Waals surface area contributed by atoms with Crippen LogP contribution in [0.2, 0.25) is 0 Å². The van der Waals surface area contributed by atoms with Crippen LogP contribution in [0.25, 0.3) is 0 Å². The summed E-state index contributed by atoms with van der Waals surface area (Å²) in [4.78, 5) is 2.41. The van der Waals surface area contributed by atoms with Crippen LogP contribution in [0.3, 0.4) is 0 Å². The molecule has 2 aromatic carbocycles. The minimum absolute atomic E-state index is 0.0190. The minimum Gasteiger partial charge on any atom is -0.494 e. The van der Waals surface area contributed by atoms with Gasteiger partial charge in [0.2, 0.25) is 0 Å². The Morgan fingerprint density at radius 1 is 1.03 bits per heavy atom. The number of hydrogen-bond donors (Lipinski definition) is 1. The van der Waals surface area contributed by atoms with Crippen LogP contribution in [0, 0.1) is 5.92 Å². The molecule has 0 saturated carbocycles. The first-order valence-corrected chi connectivity index (χ1v) is 11.3. The predicted molar refractivity (Wildman–Crippen MR) is 122 cm³/mol. The van der Waals surface area contributed by atoms with Crippen molar-refractivity contribution in [1.82, 2.24) is 4.90 Å². The second-order valence-corrected chi connectivity index (χ2v) is 8.71. The lowest BCUT2D eigenvalue weighted by atomic mass is 9.75. The highest BCUT2D eigenvalue weighted by Crippen LogP contribution is 2.41. The van der Waals surface area contributed by atoms with Crippen LogP contribution >= 0.6 is 0 Å². The van der Waals surface area contributed by atoms with Gasteiger partial charge in [-0.3, -0.25) is 4.90 Å². The van der Waals surface area contributed by atoms with Crippen molar-refractivity contribution in [3.05, 3.63) is 65.7 Å². The van der Waals surface area contributed by atoms with Crippen molar-refractivity contribution in [2.45, 2.75) is 45.1 Å². The number of rotatable bonds is 10. The number of morpholine rings is 1. The van der Waals surface area contributed by atoms with Crippen molar-refractivity contribution in [2.75, 3.05) is 39.5 Å². The van der Waals surface area contributed by atoms with E-state index in [0.29, 0.717) is 12.3 Å². The highest BCUT2D eigenvalue weighted by atomic mass is 16.5. The summed E-state index contributed by atoms with van der Waals surface area (Å²) in [6.45, 7) is 11.3. The average molecular weight is 412 g/mol. The maximum Gasteiger partial charge on any atom is 0.119 e. The number of aliphatic hydroxyl groups is 1. The van der Waals surface area contributed by atoms with Crippen molar-refractivity contribution < 1.29 is 14.6 Å². The standard InChI is InChI=1S/C26H37NO3/c1-4-26(28,23-10-12-24(13-11-23)30-17-14-21(2)3)25(22-8-6-5-7-9-22)20-27-15-18-29-19-16-27/h5-13,21,25,28H,4,14-20H2,1-3H3/t25-,26+/m0/s1. The third kappa shape index (κ3) is 5.84. The first kappa shape index (κ1) is 22.8. The van der Waals surface area contributed by atoms with E-state index in [1.54, 1.807) is 0 Å². The molecule has 1 fully saturated rings. The van der Waals surface area contributed by atoms with Gasteiger partial charge in [-0.15, -0.1) is 0 Å². The molecule has 2 aromatic rings. The molecule has 0 bridgehead atoms. The molecule has 164 valence electrons. The van der Waals surface area contributed by atoms with E-state index in [2.05, 4.69) is 49.9 Å². The average Bonchev–Trinajstić information content (AvgIpc) is 2.78. The fourth-order valence-electron chi connectivity index (χ4n) is 4.16. The molecule has 0 amide bonds. The summed E-state index contributed by atoms with van der Waals surface area (Å²) in [5.41, 5.74) is 1.17. The van der Waals surface area contributed by atoms with Crippen LogP contribution in [0.5, 0.6) is 5.75 Å². The SMILES string of the molecule is CC[C@@](O)(c1ccc(OCCC(C)C)cc1)[C@@H](CN1CCOCC1)c1ccccc1. The molecule has 0 unspecified atom stereocenters. The van der Waals surface area contributed by atoms with E-state index in [0.717, 1.165) is 57.2 Å². The van der Waals surface area contributed by atoms with E-state index < -0.39 is 5.60 Å². The smallest absolute Gasteiger partial charge is 0.119 e. The Morgan fingerprint density at radius 2 is 1.70 bits per heavy atom. The molecule has 3 rings (SSSR count). The van der Waals surface area contributed by atoms with Crippen molar-refractivity contribution in [1.29, 1.82) is 0 Å². The second-order valence-electron chi connectivity index (χ2n) is 8.71. The Kier molecular flexibility index (Phi) is 8.32. The maximum absolute atomic E-state index is 12.0. The van der Waals surface area contributed by atoms with Gasteiger partial charge in [0.15, 0.2) is 0 Å². The van der Waals surface area contributed by atoms with Gasteiger partial charge >= 0.3 is 0 Å². The lowest BCUT2D eigenvalue weighted by molar-refractivity contribution is -0.0250. The molecule has 1 aliphatic heterocycles. The summed E-state index contributed by atoms with van der Waals surface area (Å²) >= 11 is 0. The van der Waals surface area contributed by atoms with Crippen molar-refractivity contribution in [2.24, 2.45) is 5.92 Å². The molecule has 2 atom stereocenters. The van der Waals surface area contributed by atoms with E-state index >= 15 is 0 Å². The van der Waals surface area contributed by atoms with Crippen LogP contribution < -0.4 is 4.74 Å². The Morgan fingerprint density at radius 3 is 2.30 bits per heavy atom. The van der Waals surface area contributed by atoms with Crippen molar-refractivity contribution >= 4 is 0 Å². The van der Waals surface area contributed by atoms with Gasteiger partial charge in [-0.1, -0.05) is 63.2 Å². The van der Waals surface area contributed by atoms with Crippen molar-refractivity contribution in [3.63, 3.8) is 0 Å². The van der Waals surface area contributed by atoms with Gasteiger partial charge in [0.1, 0.15) is 5.75 Å². The molecule has 0 spiro atoms. The van der Waals surface area contributed by atoms with E-state index in [1.165, 1.54) is 5.56 Å². The van der Waals surface area contributed by atoms with Crippen LogP contribution in [0.15, 0.2) is 54.6 Å². The largest absolute Gasteiger partial charge is 0.494 e. The first-order chi connectivity index (χ1) is 14.5. The normalized spacial score (nSPS) is 18.2.